The van der Waals surface area contributed by atoms with Crippen LogP contribution in [-0.4, -0.2) is 17.7 Å². The Morgan fingerprint density at radius 2 is 2.17 bits per heavy atom. The summed E-state index contributed by atoms with van der Waals surface area (Å²) < 4.78 is 7.71. The van der Waals surface area contributed by atoms with Crippen LogP contribution >= 0.6 is 0 Å². The van der Waals surface area contributed by atoms with Crippen LogP contribution in [0.1, 0.15) is 23.2 Å². The summed E-state index contributed by atoms with van der Waals surface area (Å²) in [6, 6.07) is 4.58. The summed E-state index contributed by atoms with van der Waals surface area (Å²) >= 11 is 0. The number of aromatic nitrogens is 1. The Labute approximate surface area is 108 Å². The molecular weight excluding hydrogens is 224 g/mol. The van der Waals surface area contributed by atoms with E-state index in [0.29, 0.717) is 6.04 Å². The maximum Gasteiger partial charge on any atom is 0.119 e. The SMILES string of the molecule is COc1cc(C)c2c(c1)c1c(n2C)CC(N)CC1. The second kappa shape index (κ2) is 4.02. The van der Waals surface area contributed by atoms with E-state index in [9.17, 15) is 0 Å². The standard InChI is InChI=1S/C15H20N2O/c1-9-6-11(18-3)8-13-12-5-4-10(16)7-14(12)17(2)15(9)13/h6,8,10H,4-5,7,16H2,1-3H3. The second-order valence-corrected chi connectivity index (χ2v) is 5.33. The van der Waals surface area contributed by atoms with Gasteiger partial charge < -0.3 is 15.0 Å². The van der Waals surface area contributed by atoms with Crippen molar-refractivity contribution in [1.29, 1.82) is 0 Å². The zero-order valence-corrected chi connectivity index (χ0v) is 11.3. The zero-order chi connectivity index (χ0) is 12.9. The van der Waals surface area contributed by atoms with E-state index in [2.05, 4.69) is 30.7 Å². The van der Waals surface area contributed by atoms with Crippen molar-refractivity contribution in [1.82, 2.24) is 4.57 Å². The molecule has 96 valence electrons. The topological polar surface area (TPSA) is 40.2 Å². The first kappa shape index (κ1) is 11.6. The number of aryl methyl sites for hydroxylation is 3. The van der Waals surface area contributed by atoms with Gasteiger partial charge in [0.2, 0.25) is 0 Å². The van der Waals surface area contributed by atoms with E-state index in [0.717, 1.165) is 25.0 Å². The summed E-state index contributed by atoms with van der Waals surface area (Å²) in [6.07, 6.45) is 3.16. The Morgan fingerprint density at radius 1 is 1.39 bits per heavy atom. The molecular formula is C15H20N2O. The number of nitrogens with zero attached hydrogens (tertiary/aromatic N) is 1. The van der Waals surface area contributed by atoms with Crippen molar-refractivity contribution in [3.8, 4) is 5.75 Å². The molecule has 1 atom stereocenters. The normalized spacial score (nSPS) is 19.0. The number of benzene rings is 1. The Kier molecular flexibility index (Phi) is 2.59. The first-order chi connectivity index (χ1) is 8.61. The Balaban J connectivity index is 2.33. The predicted molar refractivity (Wildman–Crippen MR) is 74.2 cm³/mol. The molecule has 0 bridgehead atoms. The highest BCUT2D eigenvalue weighted by Crippen LogP contribution is 2.35. The Bertz CT molecular complexity index is 613. The highest BCUT2D eigenvalue weighted by molar-refractivity contribution is 5.89. The van der Waals surface area contributed by atoms with E-state index in [-0.39, 0.29) is 0 Å². The lowest BCUT2D eigenvalue weighted by Gasteiger charge is -2.19. The highest BCUT2D eigenvalue weighted by atomic mass is 16.5. The predicted octanol–water partition coefficient (Wildman–Crippen LogP) is 2.31. The summed E-state index contributed by atoms with van der Waals surface area (Å²) in [5, 5.41) is 1.34. The van der Waals surface area contributed by atoms with E-state index in [1.165, 1.54) is 27.7 Å². The number of methoxy groups -OCH3 is 1. The molecule has 1 aliphatic carbocycles. The number of ether oxygens (including phenoxy) is 1. The van der Waals surface area contributed by atoms with Crippen LogP contribution in [0.15, 0.2) is 12.1 Å². The van der Waals surface area contributed by atoms with E-state index >= 15 is 0 Å². The van der Waals surface area contributed by atoms with Gasteiger partial charge in [0.05, 0.1) is 12.6 Å². The third kappa shape index (κ3) is 1.54. The van der Waals surface area contributed by atoms with Crippen molar-refractivity contribution >= 4 is 10.9 Å². The molecule has 3 heteroatoms. The van der Waals surface area contributed by atoms with Gasteiger partial charge in [-0.15, -0.1) is 0 Å². The quantitative estimate of drug-likeness (QED) is 0.836. The Morgan fingerprint density at radius 3 is 2.89 bits per heavy atom. The number of nitrogens with two attached hydrogens (primary N) is 1. The van der Waals surface area contributed by atoms with Crippen LogP contribution in [0.25, 0.3) is 10.9 Å². The van der Waals surface area contributed by atoms with Crippen LogP contribution in [0.4, 0.5) is 0 Å². The van der Waals surface area contributed by atoms with Gasteiger partial charge in [0.1, 0.15) is 5.75 Å². The summed E-state index contributed by atoms with van der Waals surface area (Å²) in [5.41, 5.74) is 11.6. The molecule has 2 aromatic rings. The third-order valence-corrected chi connectivity index (χ3v) is 4.14. The van der Waals surface area contributed by atoms with Gasteiger partial charge in [-0.1, -0.05) is 0 Å². The van der Waals surface area contributed by atoms with E-state index < -0.39 is 0 Å². The van der Waals surface area contributed by atoms with Crippen LogP contribution < -0.4 is 10.5 Å². The molecule has 1 aromatic heterocycles. The molecule has 0 spiro atoms. The van der Waals surface area contributed by atoms with Crippen LogP contribution in [-0.2, 0) is 19.9 Å². The molecule has 18 heavy (non-hydrogen) atoms. The van der Waals surface area contributed by atoms with Crippen LogP contribution in [0.5, 0.6) is 5.75 Å². The van der Waals surface area contributed by atoms with E-state index in [1.54, 1.807) is 7.11 Å². The molecule has 2 N–H and O–H groups in total. The summed E-state index contributed by atoms with van der Waals surface area (Å²) in [6.45, 7) is 2.15. The maximum absolute atomic E-state index is 6.10. The fourth-order valence-corrected chi connectivity index (χ4v) is 3.25. The summed E-state index contributed by atoms with van der Waals surface area (Å²) in [7, 11) is 3.88. The minimum atomic E-state index is 0.308. The van der Waals surface area contributed by atoms with Gasteiger partial charge >= 0.3 is 0 Å². The molecule has 3 nitrogen and oxygen atoms in total. The van der Waals surface area contributed by atoms with Gasteiger partial charge in [0, 0.05) is 30.6 Å². The maximum atomic E-state index is 6.10. The van der Waals surface area contributed by atoms with Crippen molar-refractivity contribution in [2.24, 2.45) is 12.8 Å². The number of hydrogen-bond acceptors (Lipinski definition) is 2. The molecule has 3 rings (SSSR count). The monoisotopic (exact) mass is 244 g/mol. The lowest BCUT2D eigenvalue weighted by atomic mass is 9.92. The molecule has 0 aliphatic heterocycles. The average molecular weight is 244 g/mol. The van der Waals surface area contributed by atoms with Crippen LogP contribution in [0.2, 0.25) is 0 Å². The summed E-state index contributed by atoms with van der Waals surface area (Å²) in [5.74, 6) is 0.947. The molecule has 0 saturated heterocycles. The van der Waals surface area contributed by atoms with Gasteiger partial charge in [-0.05, 0) is 43.0 Å². The largest absolute Gasteiger partial charge is 0.497 e. The number of hydrogen-bond donors (Lipinski definition) is 1. The van der Waals surface area contributed by atoms with Gasteiger partial charge in [-0.3, -0.25) is 0 Å². The van der Waals surface area contributed by atoms with Gasteiger partial charge in [0.15, 0.2) is 0 Å². The minimum Gasteiger partial charge on any atom is -0.497 e. The summed E-state index contributed by atoms with van der Waals surface area (Å²) in [4.78, 5) is 0. The molecule has 0 amide bonds. The smallest absolute Gasteiger partial charge is 0.119 e. The first-order valence-electron chi connectivity index (χ1n) is 6.52. The van der Waals surface area contributed by atoms with Gasteiger partial charge in [-0.2, -0.15) is 0 Å². The van der Waals surface area contributed by atoms with Crippen molar-refractivity contribution < 1.29 is 4.74 Å². The average Bonchev–Trinajstić information content (AvgIpc) is 2.63. The molecule has 1 unspecified atom stereocenters. The zero-order valence-electron chi connectivity index (χ0n) is 11.3. The Hall–Kier alpha value is -1.48. The molecule has 1 heterocycles. The van der Waals surface area contributed by atoms with Gasteiger partial charge in [-0.25, -0.2) is 0 Å². The molecule has 1 aliphatic rings. The third-order valence-electron chi connectivity index (χ3n) is 4.14. The van der Waals surface area contributed by atoms with Crippen molar-refractivity contribution in [2.45, 2.75) is 32.2 Å². The first-order valence-corrected chi connectivity index (χ1v) is 6.52. The van der Waals surface area contributed by atoms with Gasteiger partial charge in [0.25, 0.3) is 0 Å². The van der Waals surface area contributed by atoms with Crippen molar-refractivity contribution in [3.63, 3.8) is 0 Å². The number of fused-ring (bicyclic) bond motifs is 3. The van der Waals surface area contributed by atoms with Crippen LogP contribution in [0, 0.1) is 6.92 Å². The fraction of sp³-hybridized carbons (Fsp3) is 0.467. The lowest BCUT2D eigenvalue weighted by Crippen LogP contribution is -2.28. The molecule has 1 aromatic carbocycles. The second-order valence-electron chi connectivity index (χ2n) is 5.33. The van der Waals surface area contributed by atoms with E-state index in [4.69, 9.17) is 10.5 Å². The highest BCUT2D eigenvalue weighted by Gasteiger charge is 2.23. The molecule has 0 fully saturated rings. The fourth-order valence-electron chi connectivity index (χ4n) is 3.25. The lowest BCUT2D eigenvalue weighted by molar-refractivity contribution is 0.415. The minimum absolute atomic E-state index is 0.308. The van der Waals surface area contributed by atoms with E-state index in [1.807, 2.05) is 0 Å². The van der Waals surface area contributed by atoms with Crippen molar-refractivity contribution in [3.05, 3.63) is 29.0 Å². The molecule has 0 radical (unpaired) electrons. The van der Waals surface area contributed by atoms with Crippen LogP contribution in [0.3, 0.4) is 0 Å². The number of rotatable bonds is 1. The molecule has 0 saturated carbocycles. The van der Waals surface area contributed by atoms with Crippen molar-refractivity contribution in [2.75, 3.05) is 7.11 Å².